The minimum absolute atomic E-state index is 0.318. The summed E-state index contributed by atoms with van der Waals surface area (Å²) in [7, 11) is 4.75. The van der Waals surface area contributed by atoms with Crippen LogP contribution in [0.3, 0.4) is 0 Å². The van der Waals surface area contributed by atoms with Crippen LogP contribution in [0.25, 0.3) is 22.6 Å². The van der Waals surface area contributed by atoms with Gasteiger partial charge in [0, 0.05) is 26.2 Å². The Balaban J connectivity index is 2.34. The summed E-state index contributed by atoms with van der Waals surface area (Å²) in [4.78, 5) is 29.5. The number of aryl methyl sites for hydroxylation is 2. The van der Waals surface area contributed by atoms with Crippen LogP contribution >= 0.6 is 0 Å². The monoisotopic (exact) mass is 342 g/mol. The Labute approximate surface area is 145 Å². The number of imidazole rings is 1. The van der Waals surface area contributed by atoms with Crippen molar-refractivity contribution in [3.8, 4) is 17.1 Å². The Kier molecular flexibility index (Phi) is 4.48. The van der Waals surface area contributed by atoms with E-state index in [4.69, 9.17) is 4.74 Å². The zero-order valence-electron chi connectivity index (χ0n) is 14.9. The van der Waals surface area contributed by atoms with Gasteiger partial charge in [-0.15, -0.1) is 0 Å². The van der Waals surface area contributed by atoms with Crippen molar-refractivity contribution in [2.75, 3.05) is 7.11 Å². The number of nitrogens with zero attached hydrogens (tertiary/aromatic N) is 4. The van der Waals surface area contributed by atoms with Gasteiger partial charge in [-0.2, -0.15) is 0 Å². The number of hydrogen-bond donors (Lipinski definition) is 0. The van der Waals surface area contributed by atoms with E-state index in [2.05, 4.69) is 11.9 Å². The number of rotatable bonds is 5. The molecule has 0 bridgehead atoms. The normalized spacial score (nSPS) is 11.2. The summed E-state index contributed by atoms with van der Waals surface area (Å²) in [6.07, 6.45) is 1.91. The molecule has 3 rings (SSSR count). The fourth-order valence-corrected chi connectivity index (χ4v) is 2.94. The third kappa shape index (κ3) is 2.75. The number of unbranched alkanes of at least 4 members (excludes halogenated alkanes) is 1. The minimum Gasteiger partial charge on any atom is -0.497 e. The van der Waals surface area contributed by atoms with Crippen molar-refractivity contribution in [2.45, 2.75) is 26.3 Å². The topological polar surface area (TPSA) is 71.1 Å². The predicted octanol–water partition coefficient (Wildman–Crippen LogP) is 1.91. The maximum absolute atomic E-state index is 12.7. The smallest absolute Gasteiger partial charge is 0.332 e. The molecule has 132 valence electrons. The van der Waals surface area contributed by atoms with Crippen LogP contribution in [0.2, 0.25) is 0 Å². The lowest BCUT2D eigenvalue weighted by atomic mass is 10.2. The Bertz CT molecular complexity index is 1030. The van der Waals surface area contributed by atoms with E-state index in [-0.39, 0.29) is 11.2 Å². The van der Waals surface area contributed by atoms with Crippen molar-refractivity contribution < 1.29 is 4.74 Å². The van der Waals surface area contributed by atoms with Crippen LogP contribution in [-0.4, -0.2) is 25.8 Å². The van der Waals surface area contributed by atoms with Gasteiger partial charge in [0.15, 0.2) is 11.2 Å². The van der Waals surface area contributed by atoms with E-state index in [1.54, 1.807) is 14.2 Å². The molecule has 2 heterocycles. The molecule has 1 aromatic carbocycles. The van der Waals surface area contributed by atoms with E-state index in [1.807, 2.05) is 28.8 Å². The molecule has 0 aliphatic rings. The molecule has 0 atom stereocenters. The van der Waals surface area contributed by atoms with Gasteiger partial charge in [0.2, 0.25) is 0 Å². The number of aromatic nitrogens is 4. The zero-order valence-corrected chi connectivity index (χ0v) is 14.9. The van der Waals surface area contributed by atoms with Crippen LogP contribution in [0, 0.1) is 0 Å². The second-order valence-electron chi connectivity index (χ2n) is 6.05. The second-order valence-corrected chi connectivity index (χ2v) is 6.05. The molecule has 0 spiro atoms. The van der Waals surface area contributed by atoms with Gasteiger partial charge in [0.05, 0.1) is 7.11 Å². The van der Waals surface area contributed by atoms with Crippen molar-refractivity contribution in [1.29, 1.82) is 0 Å². The van der Waals surface area contributed by atoms with Crippen molar-refractivity contribution in [3.63, 3.8) is 0 Å². The van der Waals surface area contributed by atoms with Crippen LogP contribution in [0.15, 0.2) is 33.9 Å². The molecule has 3 aromatic rings. The lowest BCUT2D eigenvalue weighted by Gasteiger charge is -2.09. The number of fused-ring (bicyclic) bond motifs is 1. The quantitative estimate of drug-likeness (QED) is 0.710. The average Bonchev–Trinajstić information content (AvgIpc) is 3.02. The summed E-state index contributed by atoms with van der Waals surface area (Å²) < 4.78 is 9.67. The SMILES string of the molecule is CCCCn1c(-c2ccc(OC)cc2)nc2c1c(=O)n(C)c(=O)n2C. The van der Waals surface area contributed by atoms with E-state index < -0.39 is 0 Å². The third-order valence-corrected chi connectivity index (χ3v) is 4.43. The van der Waals surface area contributed by atoms with Crippen LogP contribution in [0.1, 0.15) is 19.8 Å². The predicted molar refractivity (Wildman–Crippen MR) is 97.1 cm³/mol. The van der Waals surface area contributed by atoms with Crippen molar-refractivity contribution >= 4 is 11.2 Å². The van der Waals surface area contributed by atoms with Crippen molar-refractivity contribution in [3.05, 3.63) is 45.1 Å². The van der Waals surface area contributed by atoms with Gasteiger partial charge < -0.3 is 9.30 Å². The van der Waals surface area contributed by atoms with Crippen LogP contribution < -0.4 is 16.0 Å². The average molecular weight is 342 g/mol. The molecule has 0 amide bonds. The summed E-state index contributed by atoms with van der Waals surface area (Å²) >= 11 is 0. The van der Waals surface area contributed by atoms with Crippen LogP contribution in [0.4, 0.5) is 0 Å². The molecular weight excluding hydrogens is 320 g/mol. The molecule has 7 heteroatoms. The Hall–Kier alpha value is -2.83. The fraction of sp³-hybridized carbons (Fsp3) is 0.389. The van der Waals surface area contributed by atoms with Gasteiger partial charge in [-0.1, -0.05) is 13.3 Å². The third-order valence-electron chi connectivity index (χ3n) is 4.43. The van der Waals surface area contributed by atoms with Crippen molar-refractivity contribution in [2.24, 2.45) is 14.1 Å². The highest BCUT2D eigenvalue weighted by atomic mass is 16.5. The fourth-order valence-electron chi connectivity index (χ4n) is 2.94. The molecule has 2 aromatic heterocycles. The molecule has 0 saturated heterocycles. The van der Waals surface area contributed by atoms with E-state index in [0.29, 0.717) is 23.5 Å². The summed E-state index contributed by atoms with van der Waals surface area (Å²) in [6, 6.07) is 7.53. The first-order valence-electron chi connectivity index (χ1n) is 8.30. The van der Waals surface area contributed by atoms with Crippen LogP contribution in [-0.2, 0) is 20.6 Å². The molecule has 0 saturated carbocycles. The molecule has 0 radical (unpaired) electrons. The molecule has 7 nitrogen and oxygen atoms in total. The highest BCUT2D eigenvalue weighted by molar-refractivity contribution is 5.77. The summed E-state index contributed by atoms with van der Waals surface area (Å²) in [5.41, 5.74) is 1.06. The number of methoxy groups -OCH3 is 1. The molecular formula is C18H22N4O3. The first kappa shape index (κ1) is 17.0. The van der Waals surface area contributed by atoms with E-state index in [9.17, 15) is 9.59 Å². The summed E-state index contributed by atoms with van der Waals surface area (Å²) in [5.74, 6) is 1.44. The van der Waals surface area contributed by atoms with Crippen molar-refractivity contribution in [1.82, 2.24) is 18.7 Å². The largest absolute Gasteiger partial charge is 0.497 e. The highest BCUT2D eigenvalue weighted by Gasteiger charge is 2.19. The maximum atomic E-state index is 12.7. The Morgan fingerprint density at radius 1 is 1.08 bits per heavy atom. The lowest BCUT2D eigenvalue weighted by Crippen LogP contribution is -2.37. The van der Waals surface area contributed by atoms with Gasteiger partial charge in [0.1, 0.15) is 11.6 Å². The standard InChI is InChI=1S/C18H22N4O3/c1-5-6-11-22-14-16(20(2)18(24)21(3)17(14)23)19-15(22)12-7-9-13(25-4)10-8-12/h7-10H,5-6,11H2,1-4H3. The van der Waals surface area contributed by atoms with Gasteiger partial charge in [-0.05, 0) is 30.7 Å². The first-order valence-corrected chi connectivity index (χ1v) is 8.30. The number of ether oxygens (including phenoxy) is 1. The molecule has 25 heavy (non-hydrogen) atoms. The number of benzene rings is 1. The zero-order chi connectivity index (χ0) is 18.1. The van der Waals surface area contributed by atoms with Gasteiger partial charge in [-0.3, -0.25) is 13.9 Å². The van der Waals surface area contributed by atoms with Crippen LogP contribution in [0.5, 0.6) is 5.75 Å². The van der Waals surface area contributed by atoms with Gasteiger partial charge >= 0.3 is 5.69 Å². The van der Waals surface area contributed by atoms with Gasteiger partial charge in [-0.25, -0.2) is 9.78 Å². The molecule has 0 aliphatic heterocycles. The van der Waals surface area contributed by atoms with E-state index in [0.717, 1.165) is 28.7 Å². The molecule has 0 aliphatic carbocycles. The summed E-state index contributed by atoms with van der Waals surface area (Å²) in [6.45, 7) is 2.77. The highest BCUT2D eigenvalue weighted by Crippen LogP contribution is 2.25. The Morgan fingerprint density at radius 2 is 1.76 bits per heavy atom. The van der Waals surface area contributed by atoms with E-state index in [1.165, 1.54) is 11.6 Å². The first-order chi connectivity index (χ1) is 12.0. The molecule has 0 N–H and O–H groups in total. The summed E-state index contributed by atoms with van der Waals surface area (Å²) in [5, 5.41) is 0. The lowest BCUT2D eigenvalue weighted by molar-refractivity contribution is 0.415. The molecule has 0 fully saturated rings. The van der Waals surface area contributed by atoms with E-state index >= 15 is 0 Å². The second kappa shape index (κ2) is 6.58. The van der Waals surface area contributed by atoms with Gasteiger partial charge in [0.25, 0.3) is 5.56 Å². The Morgan fingerprint density at radius 3 is 2.36 bits per heavy atom. The maximum Gasteiger partial charge on any atom is 0.332 e. The molecule has 0 unspecified atom stereocenters. The minimum atomic E-state index is -0.376. The number of hydrogen-bond acceptors (Lipinski definition) is 4.